The van der Waals surface area contributed by atoms with Gasteiger partial charge in [0.05, 0.1) is 32.4 Å². The molecule has 2 N–H and O–H groups in total. The Hall–Kier alpha value is -0.650. The summed E-state index contributed by atoms with van der Waals surface area (Å²) in [5, 5.41) is 12.3. The van der Waals surface area contributed by atoms with Crippen LogP contribution >= 0.6 is 0 Å². The molecule has 2 rings (SSSR count). The Morgan fingerprint density at radius 3 is 3.00 bits per heavy atom. The molecule has 1 heterocycles. The van der Waals surface area contributed by atoms with E-state index in [1.165, 1.54) is 12.8 Å². The third kappa shape index (κ3) is 3.17. The van der Waals surface area contributed by atoms with Crippen molar-refractivity contribution < 1.29 is 14.6 Å². The van der Waals surface area contributed by atoms with E-state index in [-0.39, 0.29) is 18.6 Å². The zero-order valence-electron chi connectivity index (χ0n) is 9.52. The number of nitrogens with one attached hydrogen (secondary N) is 1. The lowest BCUT2D eigenvalue weighted by Gasteiger charge is -2.34. The predicted octanol–water partition coefficient (Wildman–Crippen LogP) is -0.794. The van der Waals surface area contributed by atoms with Gasteiger partial charge in [-0.2, -0.15) is 0 Å². The molecule has 92 valence electrons. The Morgan fingerprint density at radius 1 is 1.50 bits per heavy atom. The van der Waals surface area contributed by atoms with E-state index < -0.39 is 0 Å². The summed E-state index contributed by atoms with van der Waals surface area (Å²) in [6, 6.07) is -0.163. The highest BCUT2D eigenvalue weighted by Gasteiger charge is 2.27. The molecule has 0 spiro atoms. The van der Waals surface area contributed by atoms with Gasteiger partial charge >= 0.3 is 0 Å². The van der Waals surface area contributed by atoms with E-state index in [2.05, 4.69) is 5.32 Å². The van der Waals surface area contributed by atoms with E-state index in [4.69, 9.17) is 9.84 Å². The van der Waals surface area contributed by atoms with Crippen LogP contribution < -0.4 is 5.32 Å². The Balaban J connectivity index is 1.72. The van der Waals surface area contributed by atoms with Crippen molar-refractivity contribution in [3.05, 3.63) is 0 Å². The first-order chi connectivity index (χ1) is 7.81. The molecule has 1 amide bonds. The molecular weight excluding hydrogens is 208 g/mol. The second-order valence-electron chi connectivity index (χ2n) is 4.57. The third-order valence-electron chi connectivity index (χ3n) is 3.16. The van der Waals surface area contributed by atoms with Crippen LogP contribution in [-0.2, 0) is 9.53 Å². The fourth-order valence-corrected chi connectivity index (χ4v) is 1.94. The average molecular weight is 228 g/mol. The van der Waals surface area contributed by atoms with Crippen molar-refractivity contribution in [3.8, 4) is 0 Å². The van der Waals surface area contributed by atoms with E-state index in [0.717, 1.165) is 12.5 Å². The summed E-state index contributed by atoms with van der Waals surface area (Å²) < 4.78 is 5.23. The molecule has 1 saturated heterocycles. The van der Waals surface area contributed by atoms with Gasteiger partial charge in [0.25, 0.3) is 0 Å². The van der Waals surface area contributed by atoms with Crippen molar-refractivity contribution in [3.63, 3.8) is 0 Å². The van der Waals surface area contributed by atoms with Crippen LogP contribution in [0.25, 0.3) is 0 Å². The molecule has 1 aliphatic carbocycles. The number of nitrogens with zero attached hydrogens (tertiary/aromatic N) is 1. The number of carbonyl (C=O) groups excluding carboxylic acids is 1. The van der Waals surface area contributed by atoms with E-state index in [1.807, 2.05) is 0 Å². The molecule has 0 aromatic carbocycles. The number of hydrogen-bond acceptors (Lipinski definition) is 4. The maximum absolute atomic E-state index is 11.9. The van der Waals surface area contributed by atoms with Crippen LogP contribution in [0.5, 0.6) is 0 Å². The van der Waals surface area contributed by atoms with Crippen molar-refractivity contribution >= 4 is 5.91 Å². The van der Waals surface area contributed by atoms with Crippen LogP contribution in [0.4, 0.5) is 0 Å². The number of rotatable bonds is 5. The Bertz CT molecular complexity index is 243. The lowest BCUT2D eigenvalue weighted by Crippen LogP contribution is -2.52. The van der Waals surface area contributed by atoms with Gasteiger partial charge in [-0.15, -0.1) is 0 Å². The summed E-state index contributed by atoms with van der Waals surface area (Å²) in [5.41, 5.74) is 0. The fourth-order valence-electron chi connectivity index (χ4n) is 1.94. The topological polar surface area (TPSA) is 61.8 Å². The lowest BCUT2D eigenvalue weighted by molar-refractivity contribution is -0.140. The quantitative estimate of drug-likeness (QED) is 0.647. The van der Waals surface area contributed by atoms with Gasteiger partial charge in [0.2, 0.25) is 5.91 Å². The van der Waals surface area contributed by atoms with Crippen LogP contribution in [0.3, 0.4) is 0 Å². The maximum Gasteiger partial charge on any atom is 0.237 e. The summed E-state index contributed by atoms with van der Waals surface area (Å²) in [4.78, 5) is 13.6. The molecule has 1 atom stereocenters. The molecule has 1 aliphatic heterocycles. The summed E-state index contributed by atoms with van der Waals surface area (Å²) in [5.74, 6) is 0.856. The van der Waals surface area contributed by atoms with Crippen LogP contribution in [0.1, 0.15) is 12.8 Å². The summed E-state index contributed by atoms with van der Waals surface area (Å²) >= 11 is 0. The molecule has 1 unspecified atom stereocenters. The predicted molar refractivity (Wildman–Crippen MR) is 59.0 cm³/mol. The molecule has 0 radical (unpaired) electrons. The SMILES string of the molecule is O=C(CNCC1CC1)N1CCOCC1CO. The smallest absolute Gasteiger partial charge is 0.237 e. The van der Waals surface area contributed by atoms with Crippen LogP contribution in [0.2, 0.25) is 0 Å². The molecule has 5 nitrogen and oxygen atoms in total. The van der Waals surface area contributed by atoms with E-state index in [0.29, 0.717) is 26.3 Å². The van der Waals surface area contributed by atoms with Crippen LogP contribution in [0.15, 0.2) is 0 Å². The van der Waals surface area contributed by atoms with Crippen molar-refractivity contribution in [2.75, 3.05) is 39.5 Å². The molecule has 16 heavy (non-hydrogen) atoms. The third-order valence-corrected chi connectivity index (χ3v) is 3.16. The number of morpholine rings is 1. The van der Waals surface area contributed by atoms with Crippen LogP contribution in [0, 0.1) is 5.92 Å². The first-order valence-corrected chi connectivity index (χ1v) is 6.00. The van der Waals surface area contributed by atoms with E-state index >= 15 is 0 Å². The lowest BCUT2D eigenvalue weighted by atomic mass is 10.2. The molecule has 2 fully saturated rings. The Morgan fingerprint density at radius 2 is 2.31 bits per heavy atom. The zero-order chi connectivity index (χ0) is 11.4. The molecule has 1 saturated carbocycles. The maximum atomic E-state index is 11.9. The Labute approximate surface area is 95.8 Å². The van der Waals surface area contributed by atoms with Gasteiger partial charge in [0.15, 0.2) is 0 Å². The molecule has 5 heteroatoms. The normalized spacial score (nSPS) is 25.8. The van der Waals surface area contributed by atoms with E-state index in [9.17, 15) is 4.79 Å². The largest absolute Gasteiger partial charge is 0.394 e. The van der Waals surface area contributed by atoms with Gasteiger partial charge in [-0.05, 0) is 25.3 Å². The molecule has 0 aromatic rings. The number of ether oxygens (including phenoxy) is 1. The van der Waals surface area contributed by atoms with Gasteiger partial charge in [-0.1, -0.05) is 0 Å². The fraction of sp³-hybridized carbons (Fsp3) is 0.909. The number of aliphatic hydroxyl groups excluding tert-OH is 1. The van der Waals surface area contributed by atoms with Gasteiger partial charge in [0.1, 0.15) is 0 Å². The first-order valence-electron chi connectivity index (χ1n) is 6.00. The van der Waals surface area contributed by atoms with Gasteiger partial charge in [-0.25, -0.2) is 0 Å². The molecule has 0 aromatic heterocycles. The number of carbonyl (C=O) groups is 1. The van der Waals surface area contributed by atoms with Crippen LogP contribution in [-0.4, -0.2) is 61.4 Å². The van der Waals surface area contributed by atoms with Crippen molar-refractivity contribution in [2.45, 2.75) is 18.9 Å². The minimum absolute atomic E-state index is 0.0195. The van der Waals surface area contributed by atoms with Crippen molar-refractivity contribution in [1.82, 2.24) is 10.2 Å². The number of aliphatic hydroxyl groups is 1. The summed E-state index contributed by atoms with van der Waals surface area (Å²) in [6.45, 7) is 2.92. The standard InChI is InChI=1S/C11H20N2O3/c14-7-10-8-16-4-3-13(10)11(15)6-12-5-9-1-2-9/h9-10,12,14H,1-8H2. The molecule has 0 bridgehead atoms. The van der Waals surface area contributed by atoms with Gasteiger partial charge < -0.3 is 20.1 Å². The van der Waals surface area contributed by atoms with Gasteiger partial charge in [0, 0.05) is 6.54 Å². The highest BCUT2D eigenvalue weighted by molar-refractivity contribution is 5.78. The molecular formula is C11H20N2O3. The van der Waals surface area contributed by atoms with E-state index in [1.54, 1.807) is 4.90 Å². The highest BCUT2D eigenvalue weighted by Crippen LogP contribution is 2.27. The monoisotopic (exact) mass is 228 g/mol. The van der Waals surface area contributed by atoms with Crippen molar-refractivity contribution in [1.29, 1.82) is 0 Å². The molecule has 2 aliphatic rings. The number of amides is 1. The zero-order valence-corrected chi connectivity index (χ0v) is 9.52. The second kappa shape index (κ2) is 5.61. The average Bonchev–Trinajstić information content (AvgIpc) is 3.13. The highest BCUT2D eigenvalue weighted by atomic mass is 16.5. The van der Waals surface area contributed by atoms with Gasteiger partial charge in [-0.3, -0.25) is 4.79 Å². The summed E-state index contributed by atoms with van der Waals surface area (Å²) in [7, 11) is 0. The first kappa shape index (κ1) is 11.8. The van der Waals surface area contributed by atoms with Crippen molar-refractivity contribution in [2.24, 2.45) is 5.92 Å². The minimum Gasteiger partial charge on any atom is -0.394 e. The second-order valence-corrected chi connectivity index (χ2v) is 4.57. The number of hydrogen-bond donors (Lipinski definition) is 2. The minimum atomic E-state index is -0.163. The Kier molecular flexibility index (Phi) is 4.15. The summed E-state index contributed by atoms with van der Waals surface area (Å²) in [6.07, 6.45) is 2.58.